The SMILES string of the molecule is Cc1cccc(NC(=S)Nc2ccccc2Cl)c1. The summed E-state index contributed by atoms with van der Waals surface area (Å²) in [5.74, 6) is 0. The number of halogens is 1. The molecule has 2 rings (SSSR count). The predicted octanol–water partition coefficient (Wildman–Crippen LogP) is 4.46. The first-order chi connectivity index (χ1) is 8.65. The molecule has 4 heteroatoms. The fourth-order valence-corrected chi connectivity index (χ4v) is 1.98. The number of aryl methyl sites for hydroxylation is 1. The molecule has 92 valence electrons. The fourth-order valence-electron chi connectivity index (χ4n) is 1.57. The Morgan fingerprint density at radius 2 is 1.83 bits per heavy atom. The third-order valence-corrected chi connectivity index (χ3v) is 2.93. The lowest BCUT2D eigenvalue weighted by Crippen LogP contribution is -2.19. The molecule has 0 spiro atoms. The van der Waals surface area contributed by atoms with Crippen molar-refractivity contribution in [3.8, 4) is 0 Å². The van der Waals surface area contributed by atoms with Crippen molar-refractivity contribution in [1.29, 1.82) is 0 Å². The minimum Gasteiger partial charge on any atom is -0.332 e. The third kappa shape index (κ3) is 3.45. The summed E-state index contributed by atoms with van der Waals surface area (Å²) in [7, 11) is 0. The normalized spacial score (nSPS) is 9.89. The number of rotatable bonds is 2. The molecule has 0 aliphatic carbocycles. The molecular weight excluding hydrogens is 264 g/mol. The first-order valence-corrected chi connectivity index (χ1v) is 6.33. The fraction of sp³-hybridized carbons (Fsp3) is 0.0714. The first-order valence-electron chi connectivity index (χ1n) is 5.54. The highest BCUT2D eigenvalue weighted by molar-refractivity contribution is 7.80. The van der Waals surface area contributed by atoms with E-state index >= 15 is 0 Å². The molecule has 2 aromatic carbocycles. The molecule has 2 aromatic rings. The zero-order valence-corrected chi connectivity index (χ0v) is 11.5. The van der Waals surface area contributed by atoms with Crippen LogP contribution in [0.15, 0.2) is 48.5 Å². The van der Waals surface area contributed by atoms with Crippen LogP contribution in [0.1, 0.15) is 5.56 Å². The van der Waals surface area contributed by atoms with Crippen LogP contribution < -0.4 is 10.6 Å². The highest BCUT2D eigenvalue weighted by Crippen LogP contribution is 2.20. The Labute approximate surface area is 117 Å². The van der Waals surface area contributed by atoms with Gasteiger partial charge in [0, 0.05) is 5.69 Å². The van der Waals surface area contributed by atoms with E-state index in [1.54, 1.807) is 0 Å². The van der Waals surface area contributed by atoms with Crippen molar-refractivity contribution in [3.63, 3.8) is 0 Å². The summed E-state index contributed by atoms with van der Waals surface area (Å²) in [4.78, 5) is 0. The van der Waals surface area contributed by atoms with Crippen LogP contribution in [-0.2, 0) is 0 Å². The molecule has 0 radical (unpaired) electrons. The Hall–Kier alpha value is -1.58. The van der Waals surface area contributed by atoms with Gasteiger partial charge in [-0.2, -0.15) is 0 Å². The van der Waals surface area contributed by atoms with Crippen LogP contribution in [0.25, 0.3) is 0 Å². The van der Waals surface area contributed by atoms with Gasteiger partial charge in [-0.05, 0) is 49.0 Å². The summed E-state index contributed by atoms with van der Waals surface area (Å²) in [5, 5.41) is 7.35. The first kappa shape index (κ1) is 12.9. The number of nitrogens with one attached hydrogen (secondary N) is 2. The maximum Gasteiger partial charge on any atom is 0.175 e. The average molecular weight is 277 g/mol. The molecule has 0 saturated carbocycles. The van der Waals surface area contributed by atoms with Crippen molar-refractivity contribution in [3.05, 3.63) is 59.1 Å². The van der Waals surface area contributed by atoms with E-state index in [1.165, 1.54) is 5.56 Å². The second kappa shape index (κ2) is 5.85. The van der Waals surface area contributed by atoms with Gasteiger partial charge in [0.25, 0.3) is 0 Å². The number of benzene rings is 2. The minimum atomic E-state index is 0.522. The van der Waals surface area contributed by atoms with Crippen LogP contribution >= 0.6 is 23.8 Å². The summed E-state index contributed by atoms with van der Waals surface area (Å²) in [6.45, 7) is 2.04. The zero-order chi connectivity index (χ0) is 13.0. The lowest BCUT2D eigenvalue weighted by atomic mass is 10.2. The van der Waals surface area contributed by atoms with Gasteiger partial charge in [0.2, 0.25) is 0 Å². The van der Waals surface area contributed by atoms with Crippen LogP contribution in [0.2, 0.25) is 5.02 Å². The average Bonchev–Trinajstić information content (AvgIpc) is 2.32. The highest BCUT2D eigenvalue weighted by Gasteiger charge is 2.02. The lowest BCUT2D eigenvalue weighted by molar-refractivity contribution is 1.46. The summed E-state index contributed by atoms with van der Waals surface area (Å²) in [5.41, 5.74) is 2.93. The van der Waals surface area contributed by atoms with Gasteiger partial charge in [0.1, 0.15) is 0 Å². The van der Waals surface area contributed by atoms with E-state index in [9.17, 15) is 0 Å². The van der Waals surface area contributed by atoms with Gasteiger partial charge in [0.15, 0.2) is 5.11 Å². The molecule has 0 aliphatic heterocycles. The molecule has 0 fully saturated rings. The van der Waals surface area contributed by atoms with E-state index in [0.29, 0.717) is 10.1 Å². The summed E-state index contributed by atoms with van der Waals surface area (Å²) in [6, 6.07) is 15.5. The molecule has 0 saturated heterocycles. The molecule has 2 N–H and O–H groups in total. The summed E-state index contributed by atoms with van der Waals surface area (Å²) >= 11 is 11.3. The molecular formula is C14H13ClN2S. The quantitative estimate of drug-likeness (QED) is 0.792. The molecule has 0 bridgehead atoms. The number of hydrogen-bond donors (Lipinski definition) is 2. The van der Waals surface area contributed by atoms with E-state index in [0.717, 1.165) is 11.4 Å². The molecule has 0 atom stereocenters. The van der Waals surface area contributed by atoms with Gasteiger partial charge in [-0.25, -0.2) is 0 Å². The molecule has 0 unspecified atom stereocenters. The summed E-state index contributed by atoms with van der Waals surface area (Å²) < 4.78 is 0. The van der Waals surface area contributed by atoms with E-state index in [4.69, 9.17) is 23.8 Å². The van der Waals surface area contributed by atoms with Crippen molar-refractivity contribution < 1.29 is 0 Å². The molecule has 0 aromatic heterocycles. The second-order valence-corrected chi connectivity index (χ2v) is 4.74. The smallest absolute Gasteiger partial charge is 0.175 e. The van der Waals surface area contributed by atoms with E-state index in [1.807, 2.05) is 55.5 Å². The van der Waals surface area contributed by atoms with Crippen LogP contribution in [0.3, 0.4) is 0 Å². The van der Waals surface area contributed by atoms with Crippen LogP contribution in [0.4, 0.5) is 11.4 Å². The number of anilines is 2. The van der Waals surface area contributed by atoms with Crippen LogP contribution in [-0.4, -0.2) is 5.11 Å². The number of hydrogen-bond acceptors (Lipinski definition) is 1. The van der Waals surface area contributed by atoms with E-state index in [-0.39, 0.29) is 0 Å². The van der Waals surface area contributed by atoms with Crippen LogP contribution in [0.5, 0.6) is 0 Å². The minimum absolute atomic E-state index is 0.522. The van der Waals surface area contributed by atoms with Crippen molar-refractivity contribution in [1.82, 2.24) is 0 Å². The zero-order valence-electron chi connectivity index (χ0n) is 9.91. The Kier molecular flexibility index (Phi) is 4.18. The Bertz CT molecular complexity index is 569. The van der Waals surface area contributed by atoms with Crippen molar-refractivity contribution in [2.45, 2.75) is 6.92 Å². The molecule has 0 heterocycles. The van der Waals surface area contributed by atoms with Gasteiger partial charge < -0.3 is 10.6 Å². The van der Waals surface area contributed by atoms with Gasteiger partial charge in [-0.15, -0.1) is 0 Å². The number of para-hydroxylation sites is 1. The van der Waals surface area contributed by atoms with E-state index in [2.05, 4.69) is 10.6 Å². The maximum atomic E-state index is 6.05. The lowest BCUT2D eigenvalue weighted by Gasteiger charge is -2.11. The van der Waals surface area contributed by atoms with Gasteiger partial charge in [-0.3, -0.25) is 0 Å². The molecule has 0 amide bonds. The van der Waals surface area contributed by atoms with Gasteiger partial charge in [0.05, 0.1) is 10.7 Å². The Balaban J connectivity index is 2.03. The molecule has 18 heavy (non-hydrogen) atoms. The summed E-state index contributed by atoms with van der Waals surface area (Å²) in [6.07, 6.45) is 0. The largest absolute Gasteiger partial charge is 0.332 e. The number of thiocarbonyl (C=S) groups is 1. The molecule has 2 nitrogen and oxygen atoms in total. The Morgan fingerprint density at radius 3 is 2.56 bits per heavy atom. The third-order valence-electron chi connectivity index (χ3n) is 2.40. The van der Waals surface area contributed by atoms with Crippen molar-refractivity contribution in [2.75, 3.05) is 10.6 Å². The van der Waals surface area contributed by atoms with Crippen molar-refractivity contribution >= 4 is 40.3 Å². The topological polar surface area (TPSA) is 24.1 Å². The molecule has 0 aliphatic rings. The highest BCUT2D eigenvalue weighted by atomic mass is 35.5. The standard InChI is InChI=1S/C14H13ClN2S/c1-10-5-4-6-11(9-10)16-14(18)17-13-8-3-2-7-12(13)15/h2-9H,1H3,(H2,16,17,18). The van der Waals surface area contributed by atoms with Gasteiger partial charge in [-0.1, -0.05) is 35.9 Å². The van der Waals surface area contributed by atoms with Crippen LogP contribution in [0, 0.1) is 6.92 Å². The monoisotopic (exact) mass is 276 g/mol. The van der Waals surface area contributed by atoms with Crippen molar-refractivity contribution in [2.24, 2.45) is 0 Å². The Morgan fingerprint density at radius 1 is 1.06 bits per heavy atom. The maximum absolute atomic E-state index is 6.05. The van der Waals surface area contributed by atoms with E-state index < -0.39 is 0 Å². The van der Waals surface area contributed by atoms with Gasteiger partial charge >= 0.3 is 0 Å². The second-order valence-electron chi connectivity index (χ2n) is 3.93. The predicted molar refractivity (Wildman–Crippen MR) is 82.5 cm³/mol.